The number of aryl methyl sites for hydroxylation is 1. The maximum absolute atomic E-state index is 12.5. The number of rotatable bonds is 4. The van der Waals surface area contributed by atoms with Gasteiger partial charge in [-0.05, 0) is 61.5 Å². The van der Waals surface area contributed by atoms with Gasteiger partial charge in [0.1, 0.15) is 6.54 Å². The fraction of sp³-hybridized carbons (Fsp3) is 0.211. The number of carbonyl (C=O) groups is 3. The number of hydrogen-bond donors (Lipinski definition) is 0. The van der Waals surface area contributed by atoms with Gasteiger partial charge in [0.2, 0.25) is 0 Å². The van der Waals surface area contributed by atoms with Crippen molar-refractivity contribution in [3.8, 4) is 5.69 Å². The van der Waals surface area contributed by atoms with Crippen LogP contribution in [-0.2, 0) is 14.3 Å². The van der Waals surface area contributed by atoms with E-state index in [2.05, 4.69) is 4.74 Å². The van der Waals surface area contributed by atoms with Gasteiger partial charge in [0.15, 0.2) is 0 Å². The van der Waals surface area contributed by atoms with Crippen LogP contribution in [0.15, 0.2) is 29.2 Å². The molecule has 2 aromatic rings. The molecule has 2 amide bonds. The summed E-state index contributed by atoms with van der Waals surface area (Å²) in [6.07, 6.45) is 1.65. The molecule has 6 nitrogen and oxygen atoms in total. The zero-order valence-corrected chi connectivity index (χ0v) is 17.6. The monoisotopic (exact) mass is 438 g/mol. The van der Waals surface area contributed by atoms with E-state index < -0.39 is 23.7 Å². The first kappa shape index (κ1) is 20.5. The fourth-order valence-corrected chi connectivity index (χ4v) is 4.31. The average Bonchev–Trinajstić information content (AvgIpc) is 3.04. The summed E-state index contributed by atoms with van der Waals surface area (Å²) in [4.78, 5) is 37.1. The Bertz CT molecular complexity index is 1010. The lowest BCUT2D eigenvalue weighted by Gasteiger charge is -2.11. The number of amides is 2. The van der Waals surface area contributed by atoms with Crippen molar-refractivity contribution in [3.05, 3.63) is 56.2 Å². The Kier molecular flexibility index (Phi) is 5.88. The quantitative estimate of drug-likeness (QED) is 0.514. The molecule has 9 heteroatoms. The molecule has 1 saturated heterocycles. The summed E-state index contributed by atoms with van der Waals surface area (Å²) >= 11 is 13.0. The van der Waals surface area contributed by atoms with Gasteiger partial charge in [-0.25, -0.2) is 0 Å². The highest BCUT2D eigenvalue weighted by atomic mass is 35.5. The molecule has 0 unspecified atom stereocenters. The van der Waals surface area contributed by atoms with Crippen LogP contribution in [0.5, 0.6) is 0 Å². The summed E-state index contributed by atoms with van der Waals surface area (Å²) < 4.78 is 6.49. The lowest BCUT2D eigenvalue weighted by Crippen LogP contribution is -2.34. The molecule has 2 heterocycles. The Morgan fingerprint density at radius 2 is 1.79 bits per heavy atom. The number of imide groups is 1. The summed E-state index contributed by atoms with van der Waals surface area (Å²) in [6, 6.07) is 7.14. The number of hydrogen-bond acceptors (Lipinski definition) is 5. The minimum Gasteiger partial charge on any atom is -0.468 e. The Morgan fingerprint density at radius 3 is 2.39 bits per heavy atom. The fourth-order valence-electron chi connectivity index (χ4n) is 2.97. The van der Waals surface area contributed by atoms with Gasteiger partial charge in [-0.15, -0.1) is 0 Å². The van der Waals surface area contributed by atoms with Gasteiger partial charge in [-0.3, -0.25) is 19.3 Å². The van der Waals surface area contributed by atoms with Crippen molar-refractivity contribution >= 4 is 58.2 Å². The summed E-state index contributed by atoms with van der Waals surface area (Å²) in [6.45, 7) is 3.41. The van der Waals surface area contributed by atoms with Crippen LogP contribution in [-0.4, -0.2) is 40.2 Å². The molecule has 1 aliphatic heterocycles. The summed E-state index contributed by atoms with van der Waals surface area (Å²) in [5.41, 5.74) is 3.34. The van der Waals surface area contributed by atoms with Gasteiger partial charge in [0.25, 0.3) is 11.1 Å². The van der Waals surface area contributed by atoms with E-state index in [9.17, 15) is 14.4 Å². The van der Waals surface area contributed by atoms with E-state index >= 15 is 0 Å². The van der Waals surface area contributed by atoms with E-state index in [1.165, 1.54) is 7.11 Å². The number of benzene rings is 1. The standard InChI is InChI=1S/C19H16Cl2N2O4S/c1-10-4-12(11(2)23(10)15-7-13(20)6-14(21)8-15)5-16-18(25)22(19(26)28-16)9-17(24)27-3/h4-8H,9H2,1-3H3/b16-5-. The molecule has 1 aromatic heterocycles. The lowest BCUT2D eigenvalue weighted by molar-refractivity contribution is -0.143. The van der Waals surface area contributed by atoms with Gasteiger partial charge in [0.05, 0.1) is 12.0 Å². The Balaban J connectivity index is 1.97. The number of carbonyl (C=O) groups excluding carboxylic acids is 3. The number of halogens is 2. The van der Waals surface area contributed by atoms with Crippen LogP contribution in [0.25, 0.3) is 11.8 Å². The molecule has 1 fully saturated rings. The van der Waals surface area contributed by atoms with Crippen molar-refractivity contribution in [2.45, 2.75) is 13.8 Å². The van der Waals surface area contributed by atoms with Gasteiger partial charge in [0, 0.05) is 27.1 Å². The third-order valence-electron chi connectivity index (χ3n) is 4.25. The van der Waals surface area contributed by atoms with E-state index in [0.29, 0.717) is 10.0 Å². The molecule has 3 rings (SSSR count). The summed E-state index contributed by atoms with van der Waals surface area (Å²) in [7, 11) is 1.20. The number of aromatic nitrogens is 1. The second-order valence-electron chi connectivity index (χ2n) is 6.13. The van der Waals surface area contributed by atoms with E-state index in [0.717, 1.165) is 39.3 Å². The summed E-state index contributed by atoms with van der Waals surface area (Å²) in [5, 5.41) is 0.526. The maximum atomic E-state index is 12.5. The van der Waals surface area contributed by atoms with Crippen LogP contribution in [0.3, 0.4) is 0 Å². The molecule has 0 aliphatic carbocycles. The SMILES string of the molecule is COC(=O)CN1C(=O)S/C(=C\c2cc(C)n(-c3cc(Cl)cc(Cl)c3)c2C)C1=O. The Labute approximate surface area is 176 Å². The van der Waals surface area contributed by atoms with Crippen LogP contribution < -0.4 is 0 Å². The molecule has 146 valence electrons. The van der Waals surface area contributed by atoms with Crippen LogP contribution in [0, 0.1) is 13.8 Å². The minimum atomic E-state index is -0.653. The molecule has 1 aliphatic rings. The van der Waals surface area contributed by atoms with Crippen molar-refractivity contribution in [1.82, 2.24) is 9.47 Å². The normalized spacial score (nSPS) is 15.6. The minimum absolute atomic E-state index is 0.248. The number of nitrogens with zero attached hydrogens (tertiary/aromatic N) is 2. The first-order chi connectivity index (χ1) is 13.2. The van der Waals surface area contributed by atoms with Crippen molar-refractivity contribution in [2.24, 2.45) is 0 Å². The highest BCUT2D eigenvalue weighted by Gasteiger charge is 2.36. The first-order valence-electron chi connectivity index (χ1n) is 8.19. The molecule has 0 radical (unpaired) electrons. The molecular weight excluding hydrogens is 423 g/mol. The molecule has 1 aromatic carbocycles. The largest absolute Gasteiger partial charge is 0.468 e. The molecule has 0 bridgehead atoms. The third kappa shape index (κ3) is 3.97. The number of esters is 1. The Hall–Kier alpha value is -2.22. The van der Waals surface area contributed by atoms with Crippen molar-refractivity contribution in [2.75, 3.05) is 13.7 Å². The number of ether oxygens (including phenoxy) is 1. The number of thioether (sulfide) groups is 1. The second kappa shape index (κ2) is 8.03. The molecular formula is C19H16Cl2N2O4S. The third-order valence-corrected chi connectivity index (χ3v) is 5.59. The second-order valence-corrected chi connectivity index (χ2v) is 8.00. The van der Waals surface area contributed by atoms with Crippen molar-refractivity contribution in [3.63, 3.8) is 0 Å². The molecule has 0 saturated carbocycles. The van der Waals surface area contributed by atoms with Gasteiger partial charge in [-0.1, -0.05) is 23.2 Å². The van der Waals surface area contributed by atoms with Crippen LogP contribution in [0.4, 0.5) is 4.79 Å². The topological polar surface area (TPSA) is 68.6 Å². The molecule has 0 N–H and O–H groups in total. The highest BCUT2D eigenvalue weighted by Crippen LogP contribution is 2.34. The zero-order chi connectivity index (χ0) is 20.6. The van der Waals surface area contributed by atoms with E-state index in [1.54, 1.807) is 24.3 Å². The van der Waals surface area contributed by atoms with Crippen LogP contribution in [0.2, 0.25) is 10.0 Å². The zero-order valence-electron chi connectivity index (χ0n) is 15.3. The predicted octanol–water partition coefficient (Wildman–Crippen LogP) is 4.61. The van der Waals surface area contributed by atoms with Crippen LogP contribution >= 0.6 is 35.0 Å². The lowest BCUT2D eigenvalue weighted by atomic mass is 10.2. The molecule has 0 atom stereocenters. The van der Waals surface area contributed by atoms with Gasteiger partial charge >= 0.3 is 5.97 Å². The molecule has 28 heavy (non-hydrogen) atoms. The average molecular weight is 439 g/mol. The Morgan fingerprint density at radius 1 is 1.14 bits per heavy atom. The first-order valence-corrected chi connectivity index (χ1v) is 9.76. The van der Waals surface area contributed by atoms with Crippen molar-refractivity contribution in [1.29, 1.82) is 0 Å². The molecule has 0 spiro atoms. The van der Waals surface area contributed by atoms with Crippen molar-refractivity contribution < 1.29 is 19.1 Å². The maximum Gasteiger partial charge on any atom is 0.325 e. The van der Waals surface area contributed by atoms with Gasteiger partial charge in [-0.2, -0.15) is 0 Å². The van der Waals surface area contributed by atoms with E-state index in [4.69, 9.17) is 23.2 Å². The van der Waals surface area contributed by atoms with Crippen LogP contribution in [0.1, 0.15) is 17.0 Å². The smallest absolute Gasteiger partial charge is 0.325 e. The highest BCUT2D eigenvalue weighted by molar-refractivity contribution is 8.18. The summed E-state index contributed by atoms with van der Waals surface area (Å²) in [5.74, 6) is -1.17. The van der Waals surface area contributed by atoms with Gasteiger partial charge < -0.3 is 9.30 Å². The number of methoxy groups -OCH3 is 1. The van der Waals surface area contributed by atoms with E-state index in [1.807, 2.05) is 24.5 Å². The predicted molar refractivity (Wildman–Crippen MR) is 110 cm³/mol. The van der Waals surface area contributed by atoms with E-state index in [-0.39, 0.29) is 4.91 Å².